The number of nitrogens with one attached hydrogen (secondary N) is 1. The summed E-state index contributed by atoms with van der Waals surface area (Å²) in [6, 6.07) is 0. The van der Waals surface area contributed by atoms with E-state index in [1.807, 2.05) is 6.92 Å². The lowest BCUT2D eigenvalue weighted by molar-refractivity contribution is -0.147. The van der Waals surface area contributed by atoms with Crippen molar-refractivity contribution in [2.24, 2.45) is 5.92 Å². The van der Waals surface area contributed by atoms with Gasteiger partial charge in [0, 0.05) is 0 Å². The van der Waals surface area contributed by atoms with Gasteiger partial charge in [0.1, 0.15) is 5.54 Å². The maximum Gasteiger partial charge on any atom is 0.326 e. The average Bonchev–Trinajstić information content (AvgIpc) is 2.66. The molecule has 2 aliphatic rings. The largest absolute Gasteiger partial charge is 0.464 e. The molecule has 1 saturated heterocycles. The van der Waals surface area contributed by atoms with E-state index in [0.717, 1.165) is 25.8 Å². The predicted molar refractivity (Wildman–Crippen MR) is 44.7 cm³/mol. The first kappa shape index (κ1) is 8.05. The van der Waals surface area contributed by atoms with Crippen LogP contribution in [0.3, 0.4) is 0 Å². The number of hydrogen-bond acceptors (Lipinski definition) is 3. The molecule has 0 aromatic rings. The third-order valence-electron chi connectivity index (χ3n) is 2.84. The van der Waals surface area contributed by atoms with Crippen molar-refractivity contribution in [1.29, 1.82) is 0 Å². The number of piperidine rings is 1. The summed E-state index contributed by atoms with van der Waals surface area (Å²) in [6.45, 7) is 3.55. The second kappa shape index (κ2) is 2.73. The van der Waals surface area contributed by atoms with Crippen LogP contribution < -0.4 is 5.32 Å². The molecule has 0 radical (unpaired) electrons. The van der Waals surface area contributed by atoms with Gasteiger partial charge in [-0.05, 0) is 31.7 Å². The molecule has 2 rings (SSSR count). The second-order valence-electron chi connectivity index (χ2n) is 3.72. The van der Waals surface area contributed by atoms with Crippen LogP contribution in [0.5, 0.6) is 0 Å². The number of hydrogen-bond donors (Lipinski definition) is 1. The lowest BCUT2D eigenvalue weighted by Crippen LogP contribution is -2.38. The third-order valence-corrected chi connectivity index (χ3v) is 2.84. The molecule has 1 aliphatic heterocycles. The average molecular weight is 169 g/mol. The summed E-state index contributed by atoms with van der Waals surface area (Å²) in [5.41, 5.74) is -0.241. The van der Waals surface area contributed by atoms with Gasteiger partial charge in [0.15, 0.2) is 0 Å². The van der Waals surface area contributed by atoms with Gasteiger partial charge < -0.3 is 10.1 Å². The maximum atomic E-state index is 11.5. The van der Waals surface area contributed by atoms with Gasteiger partial charge in [-0.15, -0.1) is 0 Å². The summed E-state index contributed by atoms with van der Waals surface area (Å²) in [7, 11) is 0. The Kier molecular flexibility index (Phi) is 1.83. The highest BCUT2D eigenvalue weighted by molar-refractivity contribution is 5.85. The SMILES string of the molecule is CCCOC(=O)[C@@]12C[C@@H]1CCN2. The van der Waals surface area contributed by atoms with E-state index in [1.165, 1.54) is 0 Å². The first-order valence-corrected chi connectivity index (χ1v) is 4.72. The molecule has 2 fully saturated rings. The van der Waals surface area contributed by atoms with Gasteiger partial charge in [0.05, 0.1) is 6.61 Å². The summed E-state index contributed by atoms with van der Waals surface area (Å²) in [5.74, 6) is 0.550. The van der Waals surface area contributed by atoms with Crippen molar-refractivity contribution in [3.63, 3.8) is 0 Å². The van der Waals surface area contributed by atoms with Crippen molar-refractivity contribution in [2.75, 3.05) is 13.2 Å². The van der Waals surface area contributed by atoms with E-state index in [0.29, 0.717) is 12.5 Å². The zero-order valence-electron chi connectivity index (χ0n) is 7.43. The topological polar surface area (TPSA) is 38.3 Å². The molecule has 0 bridgehead atoms. The predicted octanol–water partition coefficient (Wildman–Crippen LogP) is 0.692. The van der Waals surface area contributed by atoms with E-state index in [1.54, 1.807) is 0 Å². The van der Waals surface area contributed by atoms with Crippen molar-refractivity contribution in [2.45, 2.75) is 31.7 Å². The highest BCUT2D eigenvalue weighted by atomic mass is 16.5. The Hall–Kier alpha value is -0.570. The third kappa shape index (κ3) is 1.04. The van der Waals surface area contributed by atoms with E-state index in [-0.39, 0.29) is 11.5 Å². The van der Waals surface area contributed by atoms with E-state index >= 15 is 0 Å². The van der Waals surface area contributed by atoms with Crippen LogP contribution in [0.15, 0.2) is 0 Å². The Morgan fingerprint density at radius 1 is 1.75 bits per heavy atom. The number of carbonyl (C=O) groups is 1. The fourth-order valence-corrected chi connectivity index (χ4v) is 2.01. The normalized spacial score (nSPS) is 37.6. The summed E-state index contributed by atoms with van der Waals surface area (Å²) >= 11 is 0. The molecular formula is C9H15NO2. The van der Waals surface area contributed by atoms with E-state index in [4.69, 9.17) is 4.74 Å². The molecule has 12 heavy (non-hydrogen) atoms. The van der Waals surface area contributed by atoms with Gasteiger partial charge in [-0.25, -0.2) is 0 Å². The molecule has 1 saturated carbocycles. The first-order chi connectivity index (χ1) is 5.79. The number of esters is 1. The molecule has 2 atom stereocenters. The molecule has 0 aromatic carbocycles. The van der Waals surface area contributed by atoms with Crippen molar-refractivity contribution >= 4 is 5.97 Å². The Labute approximate surface area is 72.5 Å². The number of rotatable bonds is 3. The Bertz CT molecular complexity index is 205. The zero-order valence-corrected chi connectivity index (χ0v) is 7.43. The Morgan fingerprint density at radius 3 is 3.08 bits per heavy atom. The van der Waals surface area contributed by atoms with E-state index < -0.39 is 0 Å². The quantitative estimate of drug-likeness (QED) is 0.632. The molecule has 1 aliphatic carbocycles. The van der Waals surface area contributed by atoms with Crippen LogP contribution in [-0.4, -0.2) is 24.7 Å². The van der Waals surface area contributed by atoms with Crippen LogP contribution in [-0.2, 0) is 9.53 Å². The van der Waals surface area contributed by atoms with Crippen LogP contribution >= 0.6 is 0 Å². The van der Waals surface area contributed by atoms with Gasteiger partial charge in [-0.2, -0.15) is 0 Å². The number of carbonyl (C=O) groups excluding carboxylic acids is 1. The number of fused-ring (bicyclic) bond motifs is 1. The minimum Gasteiger partial charge on any atom is -0.464 e. The molecule has 0 amide bonds. The van der Waals surface area contributed by atoms with Crippen LogP contribution in [0.25, 0.3) is 0 Å². The van der Waals surface area contributed by atoms with E-state index in [2.05, 4.69) is 5.32 Å². The van der Waals surface area contributed by atoms with Crippen molar-refractivity contribution in [3.8, 4) is 0 Å². The van der Waals surface area contributed by atoms with Crippen molar-refractivity contribution < 1.29 is 9.53 Å². The van der Waals surface area contributed by atoms with Crippen molar-refractivity contribution in [3.05, 3.63) is 0 Å². The van der Waals surface area contributed by atoms with Gasteiger partial charge in [-0.1, -0.05) is 6.92 Å². The van der Waals surface area contributed by atoms with Crippen LogP contribution in [0.4, 0.5) is 0 Å². The minimum absolute atomic E-state index is 0.0214. The minimum atomic E-state index is -0.241. The second-order valence-corrected chi connectivity index (χ2v) is 3.72. The summed E-state index contributed by atoms with van der Waals surface area (Å²) in [5, 5.41) is 3.24. The Balaban J connectivity index is 1.88. The van der Waals surface area contributed by atoms with Gasteiger partial charge >= 0.3 is 5.97 Å². The highest BCUT2D eigenvalue weighted by Gasteiger charge is 2.63. The molecular weight excluding hydrogens is 154 g/mol. The van der Waals surface area contributed by atoms with Gasteiger partial charge in [0.2, 0.25) is 0 Å². The summed E-state index contributed by atoms with van der Waals surface area (Å²) in [6.07, 6.45) is 3.04. The zero-order chi connectivity index (χ0) is 8.60. The number of ether oxygens (including phenoxy) is 1. The molecule has 1 N–H and O–H groups in total. The lowest BCUT2D eigenvalue weighted by atomic mass is 10.2. The lowest BCUT2D eigenvalue weighted by Gasteiger charge is -2.11. The van der Waals surface area contributed by atoms with Crippen molar-refractivity contribution in [1.82, 2.24) is 5.32 Å². The summed E-state index contributed by atoms with van der Waals surface area (Å²) < 4.78 is 5.12. The summed E-state index contributed by atoms with van der Waals surface area (Å²) in [4.78, 5) is 11.5. The highest BCUT2D eigenvalue weighted by Crippen LogP contribution is 2.50. The molecule has 3 nitrogen and oxygen atoms in total. The smallest absolute Gasteiger partial charge is 0.326 e. The maximum absolute atomic E-state index is 11.5. The molecule has 0 unspecified atom stereocenters. The van der Waals surface area contributed by atoms with Gasteiger partial charge in [-0.3, -0.25) is 4.79 Å². The van der Waals surface area contributed by atoms with Gasteiger partial charge in [0.25, 0.3) is 0 Å². The van der Waals surface area contributed by atoms with Crippen LogP contribution in [0.2, 0.25) is 0 Å². The standard InChI is InChI=1S/C9H15NO2/c1-2-5-12-8(11)9-6-7(9)3-4-10-9/h7,10H,2-6H2,1H3/t7-,9+/m0/s1. The molecule has 0 spiro atoms. The Morgan fingerprint density at radius 2 is 2.58 bits per heavy atom. The molecule has 68 valence electrons. The molecule has 3 heteroatoms. The molecule has 1 heterocycles. The fourth-order valence-electron chi connectivity index (χ4n) is 2.01. The monoisotopic (exact) mass is 169 g/mol. The first-order valence-electron chi connectivity index (χ1n) is 4.72. The van der Waals surface area contributed by atoms with Crippen LogP contribution in [0.1, 0.15) is 26.2 Å². The fraction of sp³-hybridized carbons (Fsp3) is 0.889. The van der Waals surface area contributed by atoms with Crippen LogP contribution in [0, 0.1) is 5.92 Å². The molecule has 0 aromatic heterocycles. The van der Waals surface area contributed by atoms with E-state index in [9.17, 15) is 4.79 Å².